The molecule has 4 nitrogen and oxygen atoms in total. The highest BCUT2D eigenvalue weighted by atomic mass is 16.4. The quantitative estimate of drug-likeness (QED) is 0.930. The number of carbonyl (C=O) groups is 1. The number of rotatable bonds is 4. The van der Waals surface area contributed by atoms with Crippen molar-refractivity contribution in [3.05, 3.63) is 54.1 Å². The van der Waals surface area contributed by atoms with Gasteiger partial charge in [-0.2, -0.15) is 0 Å². The zero-order chi connectivity index (χ0) is 14.7. The van der Waals surface area contributed by atoms with E-state index in [1.54, 1.807) is 6.33 Å². The highest BCUT2D eigenvalue weighted by Crippen LogP contribution is 2.37. The van der Waals surface area contributed by atoms with Crippen molar-refractivity contribution < 1.29 is 9.90 Å². The van der Waals surface area contributed by atoms with E-state index in [9.17, 15) is 9.90 Å². The zero-order valence-electron chi connectivity index (χ0n) is 12.0. The molecular formula is C17H20N2O2. The molecule has 0 aliphatic heterocycles. The van der Waals surface area contributed by atoms with Gasteiger partial charge in [0.2, 0.25) is 0 Å². The van der Waals surface area contributed by atoms with Crippen LogP contribution in [0.25, 0.3) is 0 Å². The summed E-state index contributed by atoms with van der Waals surface area (Å²) in [7, 11) is 0. The van der Waals surface area contributed by atoms with Crippen molar-refractivity contribution in [2.24, 2.45) is 5.92 Å². The predicted octanol–water partition coefficient (Wildman–Crippen LogP) is 3.75. The molecule has 1 aliphatic rings. The minimum atomic E-state index is -0.913. The lowest BCUT2D eigenvalue weighted by Gasteiger charge is -2.32. The second-order valence-electron chi connectivity index (χ2n) is 5.74. The van der Waals surface area contributed by atoms with E-state index in [1.165, 1.54) is 31.0 Å². The summed E-state index contributed by atoms with van der Waals surface area (Å²) in [5.41, 5.74) is 1.44. The molecule has 1 unspecified atom stereocenters. The third-order valence-corrected chi connectivity index (χ3v) is 4.42. The van der Waals surface area contributed by atoms with Crippen molar-refractivity contribution in [2.75, 3.05) is 0 Å². The number of hydrogen-bond donors (Lipinski definition) is 1. The van der Waals surface area contributed by atoms with E-state index in [2.05, 4.69) is 17.1 Å². The fourth-order valence-corrected chi connectivity index (χ4v) is 3.45. The van der Waals surface area contributed by atoms with E-state index in [-0.39, 0.29) is 11.7 Å². The predicted molar refractivity (Wildman–Crippen MR) is 80.3 cm³/mol. The van der Waals surface area contributed by atoms with Gasteiger partial charge in [0.05, 0.1) is 18.6 Å². The van der Waals surface area contributed by atoms with Crippen molar-refractivity contribution in [1.82, 2.24) is 9.55 Å². The Bertz CT molecular complexity index is 600. The lowest BCUT2D eigenvalue weighted by Crippen LogP contribution is -2.25. The molecule has 110 valence electrons. The molecule has 1 aromatic carbocycles. The number of nitrogens with zero attached hydrogens (tertiary/aromatic N) is 2. The number of carboxylic acid groups (broad SMARTS) is 1. The summed E-state index contributed by atoms with van der Waals surface area (Å²) in [5.74, 6) is -0.433. The Morgan fingerprint density at radius 3 is 2.57 bits per heavy atom. The van der Waals surface area contributed by atoms with E-state index in [0.29, 0.717) is 5.92 Å². The molecule has 0 radical (unpaired) electrons. The second-order valence-corrected chi connectivity index (χ2v) is 5.74. The number of benzene rings is 1. The van der Waals surface area contributed by atoms with Crippen LogP contribution in [0.3, 0.4) is 0 Å². The van der Waals surface area contributed by atoms with E-state index < -0.39 is 5.97 Å². The molecular weight excluding hydrogens is 264 g/mol. The first kappa shape index (κ1) is 13.9. The number of carboxylic acids is 1. The monoisotopic (exact) mass is 284 g/mol. The van der Waals surface area contributed by atoms with Gasteiger partial charge in [-0.3, -0.25) is 0 Å². The molecule has 2 aromatic rings. The van der Waals surface area contributed by atoms with Gasteiger partial charge in [0.25, 0.3) is 0 Å². The van der Waals surface area contributed by atoms with Crippen LogP contribution in [-0.2, 0) is 0 Å². The molecule has 0 bridgehead atoms. The Labute approximate surface area is 124 Å². The molecule has 1 aromatic heterocycles. The van der Waals surface area contributed by atoms with Gasteiger partial charge >= 0.3 is 5.97 Å². The fraction of sp³-hybridized carbons (Fsp3) is 0.412. The Hall–Kier alpha value is -2.10. The van der Waals surface area contributed by atoms with Crippen LogP contribution < -0.4 is 0 Å². The van der Waals surface area contributed by atoms with Crippen LogP contribution >= 0.6 is 0 Å². The lowest BCUT2D eigenvalue weighted by atomic mass is 9.81. The van der Waals surface area contributed by atoms with Crippen LogP contribution in [0.5, 0.6) is 0 Å². The van der Waals surface area contributed by atoms with Gasteiger partial charge in [-0.05, 0) is 24.3 Å². The van der Waals surface area contributed by atoms with Crippen LogP contribution in [-0.4, -0.2) is 20.6 Å². The molecule has 3 rings (SSSR count). The lowest BCUT2D eigenvalue weighted by molar-refractivity contribution is 0.0680. The molecule has 1 N–H and O–H groups in total. The van der Waals surface area contributed by atoms with E-state index in [4.69, 9.17) is 0 Å². The average molecular weight is 284 g/mol. The summed E-state index contributed by atoms with van der Waals surface area (Å²) < 4.78 is 1.84. The first-order chi connectivity index (χ1) is 10.3. The number of aromatic carboxylic acids is 1. The first-order valence-electron chi connectivity index (χ1n) is 7.57. The van der Waals surface area contributed by atoms with Crippen molar-refractivity contribution in [3.8, 4) is 0 Å². The van der Waals surface area contributed by atoms with Gasteiger partial charge in [0.15, 0.2) is 0 Å². The largest absolute Gasteiger partial charge is 0.477 e. The van der Waals surface area contributed by atoms with E-state index in [1.807, 2.05) is 22.8 Å². The Morgan fingerprint density at radius 2 is 1.90 bits per heavy atom. The maximum atomic E-state index is 11.4. The molecule has 1 fully saturated rings. The zero-order valence-corrected chi connectivity index (χ0v) is 12.0. The van der Waals surface area contributed by atoms with Crippen LogP contribution in [0, 0.1) is 5.92 Å². The van der Waals surface area contributed by atoms with Crippen molar-refractivity contribution >= 4 is 5.97 Å². The average Bonchev–Trinajstić information content (AvgIpc) is 2.99. The molecule has 4 heteroatoms. The highest BCUT2D eigenvalue weighted by molar-refractivity contribution is 5.85. The second kappa shape index (κ2) is 6.12. The summed E-state index contributed by atoms with van der Waals surface area (Å²) in [5, 5.41) is 9.39. The summed E-state index contributed by atoms with van der Waals surface area (Å²) in [4.78, 5) is 15.5. The van der Waals surface area contributed by atoms with Crippen LogP contribution in [0.2, 0.25) is 0 Å². The van der Waals surface area contributed by atoms with Gasteiger partial charge in [-0.1, -0.05) is 49.6 Å². The van der Waals surface area contributed by atoms with Crippen molar-refractivity contribution in [2.45, 2.75) is 38.1 Å². The highest BCUT2D eigenvalue weighted by Gasteiger charge is 2.29. The number of hydrogen-bond acceptors (Lipinski definition) is 2. The summed E-state index contributed by atoms with van der Waals surface area (Å²) in [6.45, 7) is 0. The summed E-state index contributed by atoms with van der Waals surface area (Å²) in [6, 6.07) is 10.3. The van der Waals surface area contributed by atoms with Crippen LogP contribution in [0.4, 0.5) is 0 Å². The van der Waals surface area contributed by atoms with Gasteiger partial charge in [0.1, 0.15) is 5.69 Å². The first-order valence-corrected chi connectivity index (χ1v) is 7.57. The van der Waals surface area contributed by atoms with Gasteiger partial charge in [-0.15, -0.1) is 0 Å². The minimum absolute atomic E-state index is 0.0695. The molecule has 0 spiro atoms. The Morgan fingerprint density at radius 1 is 1.19 bits per heavy atom. The molecule has 21 heavy (non-hydrogen) atoms. The van der Waals surface area contributed by atoms with E-state index >= 15 is 0 Å². The summed E-state index contributed by atoms with van der Waals surface area (Å²) in [6.07, 6.45) is 9.15. The van der Waals surface area contributed by atoms with Gasteiger partial charge in [0, 0.05) is 0 Å². The maximum Gasteiger partial charge on any atom is 0.354 e. The molecule has 1 saturated carbocycles. The molecule has 0 amide bonds. The van der Waals surface area contributed by atoms with Crippen molar-refractivity contribution in [3.63, 3.8) is 0 Å². The maximum absolute atomic E-state index is 11.4. The number of imidazole rings is 1. The Kier molecular flexibility index (Phi) is 4.04. The minimum Gasteiger partial charge on any atom is -0.477 e. The van der Waals surface area contributed by atoms with Crippen LogP contribution in [0.15, 0.2) is 42.9 Å². The smallest absolute Gasteiger partial charge is 0.354 e. The molecule has 0 saturated heterocycles. The third-order valence-electron chi connectivity index (χ3n) is 4.42. The number of aromatic nitrogens is 2. The fourth-order valence-electron chi connectivity index (χ4n) is 3.45. The Balaban J connectivity index is 2.03. The molecule has 1 heterocycles. The van der Waals surface area contributed by atoms with Crippen molar-refractivity contribution in [1.29, 1.82) is 0 Å². The molecule has 1 atom stereocenters. The SMILES string of the molecule is O=C(O)c1cncn1C(c1ccccc1)C1CCCCC1. The topological polar surface area (TPSA) is 55.1 Å². The normalized spacial score (nSPS) is 17.5. The summed E-state index contributed by atoms with van der Waals surface area (Å²) >= 11 is 0. The standard InChI is InChI=1S/C17H20N2O2/c20-17(21)15-11-18-12-19(15)16(13-7-3-1-4-8-13)14-9-5-2-6-10-14/h1,3-4,7-8,11-12,14,16H,2,5-6,9-10H2,(H,20,21). The van der Waals surface area contributed by atoms with Gasteiger partial charge in [-0.25, -0.2) is 9.78 Å². The van der Waals surface area contributed by atoms with Crippen LogP contribution in [0.1, 0.15) is 54.2 Å². The molecule has 1 aliphatic carbocycles. The van der Waals surface area contributed by atoms with Gasteiger partial charge < -0.3 is 9.67 Å². The third kappa shape index (κ3) is 2.84. The van der Waals surface area contributed by atoms with E-state index in [0.717, 1.165) is 12.8 Å².